The smallest absolute Gasteiger partial charge is 0.274 e. The molecule has 5 nitrogen and oxygen atoms in total. The van der Waals surface area contributed by atoms with E-state index in [0.717, 1.165) is 19.3 Å². The zero-order valence-corrected chi connectivity index (χ0v) is 14.4. The second-order valence-corrected chi connectivity index (χ2v) is 6.02. The molecule has 0 aliphatic carbocycles. The highest BCUT2D eigenvalue weighted by Gasteiger charge is 2.30. The van der Waals surface area contributed by atoms with Crippen LogP contribution >= 0.6 is 12.4 Å². The lowest BCUT2D eigenvalue weighted by Gasteiger charge is -2.37. The van der Waals surface area contributed by atoms with E-state index in [4.69, 9.17) is 5.73 Å². The van der Waals surface area contributed by atoms with Crippen molar-refractivity contribution in [3.8, 4) is 5.69 Å². The molecule has 24 heavy (non-hydrogen) atoms. The number of amides is 1. The first kappa shape index (κ1) is 18.4. The number of aromatic nitrogens is 2. The summed E-state index contributed by atoms with van der Waals surface area (Å²) in [6.45, 7) is 2.62. The van der Waals surface area contributed by atoms with Gasteiger partial charge in [0, 0.05) is 24.8 Å². The van der Waals surface area contributed by atoms with Gasteiger partial charge in [-0.15, -0.1) is 12.4 Å². The van der Waals surface area contributed by atoms with Gasteiger partial charge in [0.25, 0.3) is 5.91 Å². The number of benzene rings is 1. The molecule has 1 aromatic carbocycles. The van der Waals surface area contributed by atoms with Crippen LogP contribution in [0.3, 0.4) is 0 Å². The van der Waals surface area contributed by atoms with Crippen molar-refractivity contribution in [2.45, 2.75) is 38.3 Å². The number of carbonyl (C=O) groups is 1. The standard InChI is InChI=1S/C17H21FN4O.ClH/c1-12(19)15-7-4-5-10-21(15)17(23)14-9-11-22(20-14)16-8-3-2-6-13(16)18;/h2-3,6,8-9,11-12,15H,4-5,7,10,19H2,1H3;1H. The molecule has 7 heteroatoms. The van der Waals surface area contributed by atoms with E-state index < -0.39 is 0 Å². The van der Waals surface area contributed by atoms with Crippen molar-refractivity contribution < 1.29 is 9.18 Å². The fourth-order valence-corrected chi connectivity index (χ4v) is 3.11. The van der Waals surface area contributed by atoms with Crippen molar-refractivity contribution in [3.05, 3.63) is 48.0 Å². The molecular weight excluding hydrogens is 331 g/mol. The Labute approximate surface area is 147 Å². The average Bonchev–Trinajstić information content (AvgIpc) is 3.04. The summed E-state index contributed by atoms with van der Waals surface area (Å²) in [5.41, 5.74) is 6.67. The minimum Gasteiger partial charge on any atom is -0.333 e. The van der Waals surface area contributed by atoms with Crippen molar-refractivity contribution in [1.29, 1.82) is 0 Å². The Morgan fingerprint density at radius 2 is 2.08 bits per heavy atom. The topological polar surface area (TPSA) is 64.2 Å². The van der Waals surface area contributed by atoms with Crippen LogP contribution in [0.15, 0.2) is 36.5 Å². The molecule has 2 atom stereocenters. The highest BCUT2D eigenvalue weighted by molar-refractivity contribution is 5.92. The summed E-state index contributed by atoms with van der Waals surface area (Å²) in [5, 5.41) is 4.25. The summed E-state index contributed by atoms with van der Waals surface area (Å²) in [4.78, 5) is 14.6. The molecule has 2 aromatic rings. The van der Waals surface area contributed by atoms with Crippen LogP contribution in [0.2, 0.25) is 0 Å². The lowest BCUT2D eigenvalue weighted by atomic mass is 9.96. The fourth-order valence-electron chi connectivity index (χ4n) is 3.11. The quantitative estimate of drug-likeness (QED) is 0.923. The number of piperidine rings is 1. The second-order valence-electron chi connectivity index (χ2n) is 6.02. The zero-order valence-electron chi connectivity index (χ0n) is 13.6. The molecule has 0 saturated carbocycles. The van der Waals surface area contributed by atoms with Gasteiger partial charge < -0.3 is 10.6 Å². The van der Waals surface area contributed by atoms with Crippen molar-refractivity contribution in [1.82, 2.24) is 14.7 Å². The van der Waals surface area contributed by atoms with Gasteiger partial charge in [0.05, 0.1) is 0 Å². The highest BCUT2D eigenvalue weighted by atomic mass is 35.5. The molecule has 1 aromatic heterocycles. The Balaban J connectivity index is 0.00000208. The molecule has 1 aliphatic heterocycles. The van der Waals surface area contributed by atoms with Crippen LogP contribution in [0.5, 0.6) is 0 Å². The zero-order chi connectivity index (χ0) is 16.4. The molecule has 1 saturated heterocycles. The summed E-state index contributed by atoms with van der Waals surface area (Å²) in [5.74, 6) is -0.511. The number of likely N-dealkylation sites (tertiary alicyclic amines) is 1. The van der Waals surface area contributed by atoms with E-state index in [0.29, 0.717) is 17.9 Å². The third-order valence-electron chi connectivity index (χ3n) is 4.32. The summed E-state index contributed by atoms with van der Waals surface area (Å²) in [6, 6.07) is 7.94. The Bertz CT molecular complexity index is 703. The summed E-state index contributed by atoms with van der Waals surface area (Å²) in [6.07, 6.45) is 4.58. The number of halogens is 2. The van der Waals surface area contributed by atoms with Crippen LogP contribution in [-0.4, -0.2) is 39.2 Å². The minimum absolute atomic E-state index is 0. The number of nitrogens with zero attached hydrogens (tertiary/aromatic N) is 3. The van der Waals surface area contributed by atoms with Gasteiger partial charge in [-0.1, -0.05) is 12.1 Å². The Kier molecular flexibility index (Phi) is 5.96. The van der Waals surface area contributed by atoms with Gasteiger partial charge in [-0.05, 0) is 44.4 Å². The summed E-state index contributed by atoms with van der Waals surface area (Å²) < 4.78 is 15.2. The van der Waals surface area contributed by atoms with E-state index in [1.54, 1.807) is 30.5 Å². The molecule has 2 N–H and O–H groups in total. The van der Waals surface area contributed by atoms with Gasteiger partial charge in [-0.25, -0.2) is 9.07 Å². The van der Waals surface area contributed by atoms with Crippen molar-refractivity contribution >= 4 is 18.3 Å². The molecule has 2 unspecified atom stereocenters. The van der Waals surface area contributed by atoms with Crippen LogP contribution in [-0.2, 0) is 0 Å². The fraction of sp³-hybridized carbons (Fsp3) is 0.412. The van der Waals surface area contributed by atoms with Crippen LogP contribution in [0.4, 0.5) is 4.39 Å². The first-order chi connectivity index (χ1) is 11.1. The van der Waals surface area contributed by atoms with Crippen molar-refractivity contribution in [3.63, 3.8) is 0 Å². The van der Waals surface area contributed by atoms with Crippen molar-refractivity contribution in [2.75, 3.05) is 6.54 Å². The highest BCUT2D eigenvalue weighted by Crippen LogP contribution is 2.21. The molecule has 3 rings (SSSR count). The molecular formula is C17H22ClFN4O. The van der Waals surface area contributed by atoms with Gasteiger partial charge in [0.1, 0.15) is 11.5 Å². The average molecular weight is 353 g/mol. The molecule has 1 fully saturated rings. The Hall–Kier alpha value is -1.92. The van der Waals surface area contributed by atoms with Crippen LogP contribution in [0.1, 0.15) is 36.7 Å². The van der Waals surface area contributed by atoms with Crippen LogP contribution < -0.4 is 5.73 Å². The molecule has 0 spiro atoms. The molecule has 1 amide bonds. The maximum atomic E-state index is 13.8. The maximum absolute atomic E-state index is 13.8. The number of hydrogen-bond donors (Lipinski definition) is 1. The molecule has 0 radical (unpaired) electrons. The second kappa shape index (κ2) is 7.77. The van der Waals surface area contributed by atoms with E-state index in [-0.39, 0.29) is 36.2 Å². The molecule has 130 valence electrons. The molecule has 1 aliphatic rings. The molecule has 0 bridgehead atoms. The maximum Gasteiger partial charge on any atom is 0.274 e. The van der Waals surface area contributed by atoms with Gasteiger partial charge in [0.2, 0.25) is 0 Å². The van der Waals surface area contributed by atoms with Gasteiger partial charge in [0.15, 0.2) is 5.69 Å². The van der Waals surface area contributed by atoms with Crippen LogP contribution in [0, 0.1) is 5.82 Å². The van der Waals surface area contributed by atoms with E-state index >= 15 is 0 Å². The Morgan fingerprint density at radius 3 is 2.79 bits per heavy atom. The first-order valence-corrected chi connectivity index (χ1v) is 7.95. The number of nitrogens with two attached hydrogens (primary N) is 1. The number of rotatable bonds is 3. The normalized spacial score (nSPS) is 18.8. The summed E-state index contributed by atoms with van der Waals surface area (Å²) in [7, 11) is 0. The van der Waals surface area contributed by atoms with Gasteiger partial charge in [-0.2, -0.15) is 5.10 Å². The lowest BCUT2D eigenvalue weighted by molar-refractivity contribution is 0.0577. The van der Waals surface area contributed by atoms with E-state index in [2.05, 4.69) is 5.10 Å². The molecule has 2 heterocycles. The van der Waals surface area contributed by atoms with Crippen LogP contribution in [0.25, 0.3) is 5.69 Å². The predicted molar refractivity (Wildman–Crippen MR) is 93.1 cm³/mol. The Morgan fingerprint density at radius 1 is 1.33 bits per heavy atom. The number of carbonyl (C=O) groups excluding carboxylic acids is 1. The first-order valence-electron chi connectivity index (χ1n) is 7.95. The number of hydrogen-bond acceptors (Lipinski definition) is 3. The monoisotopic (exact) mass is 352 g/mol. The van der Waals surface area contributed by atoms with Gasteiger partial charge >= 0.3 is 0 Å². The van der Waals surface area contributed by atoms with E-state index in [1.165, 1.54) is 10.7 Å². The summed E-state index contributed by atoms with van der Waals surface area (Å²) >= 11 is 0. The largest absolute Gasteiger partial charge is 0.333 e. The predicted octanol–water partition coefficient (Wildman–Crippen LogP) is 2.78. The number of para-hydroxylation sites is 1. The SMILES string of the molecule is CC(N)C1CCCCN1C(=O)c1ccn(-c2ccccc2F)n1.Cl. The van der Waals surface area contributed by atoms with Gasteiger partial charge in [-0.3, -0.25) is 4.79 Å². The lowest BCUT2D eigenvalue weighted by Crippen LogP contribution is -2.51. The minimum atomic E-state index is -0.374. The van der Waals surface area contributed by atoms with Crippen molar-refractivity contribution in [2.24, 2.45) is 5.73 Å². The third kappa shape index (κ3) is 3.60. The van der Waals surface area contributed by atoms with E-state index in [1.807, 2.05) is 11.8 Å². The van der Waals surface area contributed by atoms with E-state index in [9.17, 15) is 9.18 Å². The third-order valence-corrected chi connectivity index (χ3v) is 4.32.